The number of fused-ring (bicyclic) bond motifs is 2. The number of thioether (sulfide) groups is 1. The first-order chi connectivity index (χ1) is 32.1. The van der Waals surface area contributed by atoms with Crippen molar-refractivity contribution in [2.75, 3.05) is 44.4 Å². The summed E-state index contributed by atoms with van der Waals surface area (Å²) in [7, 11) is -4.65. The minimum atomic E-state index is -4.65. The van der Waals surface area contributed by atoms with Gasteiger partial charge in [-0.15, -0.1) is 11.8 Å². The third-order valence-corrected chi connectivity index (χ3v) is 17.8. The van der Waals surface area contributed by atoms with Crippen molar-refractivity contribution < 1.29 is 37.5 Å². The number of amides is 1. The number of sulfonamides is 1. The number of aromatic amines is 1. The molecular weight excluding hydrogens is 893 g/mol. The van der Waals surface area contributed by atoms with E-state index in [0.717, 1.165) is 81.9 Å². The van der Waals surface area contributed by atoms with E-state index in [-0.39, 0.29) is 51.2 Å². The van der Waals surface area contributed by atoms with Gasteiger partial charge in [-0.3, -0.25) is 19.8 Å². The molecule has 3 N–H and O–H groups in total. The Hall–Kier alpha value is -5.20. The lowest BCUT2D eigenvalue weighted by Crippen LogP contribution is -2.58. The Morgan fingerprint density at radius 2 is 1.81 bits per heavy atom. The summed E-state index contributed by atoms with van der Waals surface area (Å²) >= 11 is 1.31. The molecule has 0 radical (unpaired) electrons. The smallest absolute Gasteiger partial charge is 0.288 e. The molecule has 10 rings (SSSR count). The van der Waals surface area contributed by atoms with Gasteiger partial charge >= 0.3 is 0 Å². The molecule has 2 aliphatic carbocycles. The number of nitrogens with zero attached hydrogens (tertiary/aromatic N) is 4. The molecule has 2 atom stereocenters. The standard InChI is InChI=1S/C50H58N6O9S2/c1-31(2)38-6-4-5-7-39(38)42-29-63-21-20-55(42)35-26-50(27-35)15-18-54(19-16-50)34-8-9-40(43(23-34)65-36-22-33-12-17-51-47(33)52-28-36)48(57)53-67(61,62)37-24-41(56(59)60)46-44(25-37)64-30-45(66-46)32-10-13-49(3,58)14-11-32/h4-9,12,17,22-25,28,31-32,35,42,45,58H,10-11,13-16,18-21,26-27,29-30H2,1-3H3,(H,51,52)(H,53,57)/t32-,42-,45+,49-/m0/s1. The molecule has 0 bridgehead atoms. The Kier molecular flexibility index (Phi) is 12.3. The zero-order chi connectivity index (χ0) is 46.7. The molecule has 2 saturated heterocycles. The molecule has 2 saturated carbocycles. The van der Waals surface area contributed by atoms with Gasteiger partial charge in [-0.25, -0.2) is 18.1 Å². The second kappa shape index (κ2) is 18.0. The van der Waals surface area contributed by atoms with Crippen LogP contribution in [0.15, 0.2) is 88.9 Å². The molecule has 0 unspecified atom stereocenters. The fraction of sp³-hybridized carbons (Fsp3) is 0.480. The summed E-state index contributed by atoms with van der Waals surface area (Å²) in [5.74, 6) is 0.217. The third kappa shape index (κ3) is 9.24. The molecule has 1 amide bonds. The van der Waals surface area contributed by atoms with Crippen LogP contribution in [-0.2, 0) is 14.8 Å². The maximum Gasteiger partial charge on any atom is 0.288 e. The number of nitro benzene ring substituents is 1. The molecule has 3 aromatic carbocycles. The number of hydrogen-bond donors (Lipinski definition) is 3. The Morgan fingerprint density at radius 3 is 2.57 bits per heavy atom. The average molecular weight is 951 g/mol. The van der Waals surface area contributed by atoms with Crippen molar-refractivity contribution in [3.8, 4) is 17.2 Å². The van der Waals surface area contributed by atoms with Crippen LogP contribution in [0.2, 0.25) is 0 Å². The molecule has 354 valence electrons. The van der Waals surface area contributed by atoms with Crippen LogP contribution in [0, 0.1) is 21.4 Å². The number of morpholine rings is 1. The molecular formula is C50H58N6O9S2. The lowest BCUT2D eigenvalue weighted by Gasteiger charge is -2.57. The van der Waals surface area contributed by atoms with E-state index in [4.69, 9.17) is 14.2 Å². The number of carbonyl (C=O) groups excluding carboxylic acids is 1. The van der Waals surface area contributed by atoms with E-state index in [9.17, 15) is 28.4 Å². The Balaban J connectivity index is 0.856. The molecule has 3 aliphatic heterocycles. The van der Waals surface area contributed by atoms with Crippen LogP contribution < -0.4 is 19.1 Å². The first-order valence-electron chi connectivity index (χ1n) is 23.5. The Bertz CT molecular complexity index is 2790. The van der Waals surface area contributed by atoms with E-state index in [1.54, 1.807) is 24.4 Å². The van der Waals surface area contributed by atoms with Crippen LogP contribution in [0.1, 0.15) is 106 Å². The molecule has 4 fully saturated rings. The summed E-state index contributed by atoms with van der Waals surface area (Å²) < 4.78 is 48.6. The van der Waals surface area contributed by atoms with Crippen molar-refractivity contribution in [2.45, 2.75) is 111 Å². The first kappa shape index (κ1) is 45.6. The number of benzene rings is 3. The number of rotatable bonds is 11. The maximum absolute atomic E-state index is 14.1. The fourth-order valence-corrected chi connectivity index (χ4v) is 13.5. The molecule has 5 aliphatic rings. The molecule has 5 heterocycles. The van der Waals surface area contributed by atoms with Crippen molar-refractivity contribution in [3.05, 3.63) is 106 Å². The molecule has 2 aromatic heterocycles. The van der Waals surface area contributed by atoms with Crippen LogP contribution in [0.4, 0.5) is 11.4 Å². The highest BCUT2D eigenvalue weighted by molar-refractivity contribution is 8.00. The van der Waals surface area contributed by atoms with Crippen molar-refractivity contribution in [3.63, 3.8) is 0 Å². The number of piperidine rings is 1. The van der Waals surface area contributed by atoms with Gasteiger partial charge in [-0.05, 0) is 111 Å². The lowest BCUT2D eigenvalue weighted by molar-refractivity contribution is -0.388. The number of pyridine rings is 1. The molecule has 17 heteroatoms. The number of hydrogen-bond acceptors (Lipinski definition) is 13. The van der Waals surface area contributed by atoms with Gasteiger partial charge in [0.2, 0.25) is 0 Å². The second-order valence-corrected chi connectivity index (χ2v) is 22.7. The third-order valence-electron chi connectivity index (χ3n) is 15.0. The predicted octanol–water partition coefficient (Wildman–Crippen LogP) is 9.12. The van der Waals surface area contributed by atoms with Crippen molar-refractivity contribution in [2.24, 2.45) is 11.3 Å². The highest BCUT2D eigenvalue weighted by Crippen LogP contribution is 2.54. The number of nitro groups is 1. The second-order valence-electron chi connectivity index (χ2n) is 19.8. The van der Waals surface area contributed by atoms with Gasteiger partial charge in [0.25, 0.3) is 21.6 Å². The summed E-state index contributed by atoms with van der Waals surface area (Å²) in [4.78, 5) is 38.2. The van der Waals surface area contributed by atoms with Crippen molar-refractivity contribution >= 4 is 50.1 Å². The number of aliphatic hydroxyl groups is 1. The minimum absolute atomic E-state index is 0.0375. The average Bonchev–Trinajstić information content (AvgIpc) is 3.78. The zero-order valence-electron chi connectivity index (χ0n) is 38.1. The van der Waals surface area contributed by atoms with Crippen molar-refractivity contribution in [1.82, 2.24) is 19.6 Å². The largest absolute Gasteiger partial charge is 0.491 e. The van der Waals surface area contributed by atoms with E-state index in [1.807, 2.05) is 19.1 Å². The highest BCUT2D eigenvalue weighted by Gasteiger charge is 2.50. The Labute approximate surface area is 395 Å². The van der Waals surface area contributed by atoms with Crippen LogP contribution in [0.3, 0.4) is 0 Å². The van der Waals surface area contributed by atoms with Gasteiger partial charge < -0.3 is 29.2 Å². The predicted molar refractivity (Wildman–Crippen MR) is 256 cm³/mol. The number of anilines is 1. The highest BCUT2D eigenvalue weighted by atomic mass is 32.2. The topological polar surface area (TPSA) is 189 Å². The number of ether oxygens (including phenoxy) is 3. The van der Waals surface area contributed by atoms with Crippen LogP contribution >= 0.6 is 11.8 Å². The zero-order valence-corrected chi connectivity index (χ0v) is 39.7. The summed E-state index contributed by atoms with van der Waals surface area (Å²) in [6.07, 6.45) is 10.4. The molecule has 5 aromatic rings. The van der Waals surface area contributed by atoms with E-state index >= 15 is 0 Å². The monoisotopic (exact) mass is 950 g/mol. The van der Waals surface area contributed by atoms with Gasteiger partial charge in [-0.2, -0.15) is 0 Å². The summed E-state index contributed by atoms with van der Waals surface area (Å²) in [6.45, 7) is 10.6. The quantitative estimate of drug-likeness (QED) is 0.0841. The Morgan fingerprint density at radius 1 is 1.03 bits per heavy atom. The van der Waals surface area contributed by atoms with Crippen molar-refractivity contribution in [1.29, 1.82) is 0 Å². The van der Waals surface area contributed by atoms with Crippen LogP contribution in [0.25, 0.3) is 11.0 Å². The summed E-state index contributed by atoms with van der Waals surface area (Å²) in [5, 5.41) is 23.6. The summed E-state index contributed by atoms with van der Waals surface area (Å²) in [6, 6.07) is 20.5. The van der Waals surface area contributed by atoms with E-state index in [0.29, 0.717) is 42.8 Å². The van der Waals surface area contributed by atoms with E-state index < -0.39 is 37.0 Å². The normalized spacial score (nSPS) is 24.5. The molecule has 67 heavy (non-hydrogen) atoms. The SMILES string of the molecule is CC(C)c1ccccc1[C@@H]1COCCN1C1CC2(CCN(c3ccc(C(=O)NS(=O)(=O)c4cc5c(c([N+](=O)[O-])c4)S[C@@H]([C@H]4CC[C@](C)(O)CC4)CO5)c(Oc4cnc5[nH]ccc5c4)c3)CC2)C1. The molecule has 1 spiro atoms. The number of carbonyl (C=O) groups is 1. The van der Waals surface area contributed by atoms with Crippen LogP contribution in [0.5, 0.6) is 17.2 Å². The summed E-state index contributed by atoms with van der Waals surface area (Å²) in [5.41, 5.74) is 3.33. The first-order valence-corrected chi connectivity index (χ1v) is 25.8. The number of H-pyrrole nitrogens is 1. The van der Waals surface area contributed by atoms with Gasteiger partial charge in [0.1, 0.15) is 34.4 Å². The van der Waals surface area contributed by atoms with Gasteiger partial charge in [0.15, 0.2) is 0 Å². The van der Waals surface area contributed by atoms with E-state index in [1.165, 1.54) is 35.2 Å². The van der Waals surface area contributed by atoms with E-state index in [2.05, 4.69) is 62.6 Å². The number of nitrogens with one attached hydrogen (secondary N) is 2. The molecule has 15 nitrogen and oxygen atoms in total. The fourth-order valence-electron chi connectivity index (χ4n) is 11.1. The number of aromatic nitrogens is 2. The van der Waals surface area contributed by atoms with Gasteiger partial charge in [0.05, 0.1) is 46.4 Å². The minimum Gasteiger partial charge on any atom is -0.491 e. The van der Waals surface area contributed by atoms with Gasteiger partial charge in [0, 0.05) is 66.4 Å². The lowest BCUT2D eigenvalue weighted by atomic mass is 9.59. The van der Waals surface area contributed by atoms with Gasteiger partial charge in [-0.1, -0.05) is 38.1 Å². The van der Waals surface area contributed by atoms with Crippen LogP contribution in [-0.4, -0.2) is 95.6 Å². The maximum atomic E-state index is 14.1.